The molecule has 2 aliphatic rings. The second-order valence-electron chi connectivity index (χ2n) is 5.59. The predicted octanol–water partition coefficient (Wildman–Crippen LogP) is 3.34. The van der Waals surface area contributed by atoms with Crippen molar-refractivity contribution >= 4 is 17.6 Å². The summed E-state index contributed by atoms with van der Waals surface area (Å²) < 4.78 is 16.9. The molecule has 0 spiro atoms. The van der Waals surface area contributed by atoms with Crippen molar-refractivity contribution in [1.29, 1.82) is 0 Å². The number of hydrogen-bond acceptors (Lipinski definition) is 5. The van der Waals surface area contributed by atoms with Crippen LogP contribution < -0.4 is 9.47 Å². The van der Waals surface area contributed by atoms with E-state index in [1.54, 1.807) is 0 Å². The van der Waals surface area contributed by atoms with Crippen molar-refractivity contribution in [2.24, 2.45) is 0 Å². The number of aromatic nitrogens is 1. The van der Waals surface area contributed by atoms with E-state index >= 15 is 0 Å². The zero-order valence-corrected chi connectivity index (χ0v) is 13.0. The van der Waals surface area contributed by atoms with Crippen LogP contribution in [0, 0.1) is 0 Å². The molecule has 0 aliphatic carbocycles. The smallest absolute Gasteiger partial charge is 0.358 e. The fourth-order valence-corrected chi connectivity index (χ4v) is 3.49. The highest BCUT2D eigenvalue weighted by atomic mass is 35.5. The molecular formula is C16H14ClNO5. The van der Waals surface area contributed by atoms with Crippen molar-refractivity contribution in [3.05, 3.63) is 27.9 Å². The Balaban J connectivity index is 1.98. The Morgan fingerprint density at radius 1 is 1.13 bits per heavy atom. The van der Waals surface area contributed by atoms with Crippen molar-refractivity contribution < 1.29 is 23.9 Å². The summed E-state index contributed by atoms with van der Waals surface area (Å²) in [6, 6.07) is 1.42. The van der Waals surface area contributed by atoms with Gasteiger partial charge in [-0.3, -0.25) is 0 Å². The van der Waals surface area contributed by atoms with E-state index in [-0.39, 0.29) is 5.69 Å². The third-order valence-electron chi connectivity index (χ3n) is 4.15. The van der Waals surface area contributed by atoms with Gasteiger partial charge in [0.1, 0.15) is 11.5 Å². The van der Waals surface area contributed by atoms with Gasteiger partial charge in [0.05, 0.1) is 23.8 Å². The molecule has 0 unspecified atom stereocenters. The van der Waals surface area contributed by atoms with Gasteiger partial charge in [-0.05, 0) is 25.7 Å². The topological polar surface area (TPSA) is 81.8 Å². The number of nitrogens with zero attached hydrogens (tertiary/aromatic N) is 1. The van der Waals surface area contributed by atoms with E-state index in [9.17, 15) is 4.79 Å². The third-order valence-corrected chi connectivity index (χ3v) is 4.55. The van der Waals surface area contributed by atoms with Crippen molar-refractivity contribution in [2.45, 2.75) is 25.7 Å². The molecule has 0 saturated heterocycles. The molecule has 0 saturated carbocycles. The minimum atomic E-state index is -1.13. The van der Waals surface area contributed by atoms with Gasteiger partial charge < -0.3 is 19.1 Å². The SMILES string of the molecule is O=C(O)c1cc(-c2c3c(c(Cl)c4c2OCCC4)OCCC3)on1. The molecule has 4 rings (SSSR count). The van der Waals surface area contributed by atoms with Crippen molar-refractivity contribution in [3.8, 4) is 22.8 Å². The van der Waals surface area contributed by atoms with E-state index in [0.29, 0.717) is 35.5 Å². The van der Waals surface area contributed by atoms with E-state index in [2.05, 4.69) is 5.16 Å². The van der Waals surface area contributed by atoms with Crippen molar-refractivity contribution in [2.75, 3.05) is 13.2 Å². The van der Waals surface area contributed by atoms with Crippen molar-refractivity contribution in [3.63, 3.8) is 0 Å². The summed E-state index contributed by atoms with van der Waals surface area (Å²) in [6.07, 6.45) is 3.29. The monoisotopic (exact) mass is 335 g/mol. The van der Waals surface area contributed by atoms with Crippen LogP contribution in [0.1, 0.15) is 34.5 Å². The molecule has 1 N–H and O–H groups in total. The molecule has 1 aromatic heterocycles. The maximum absolute atomic E-state index is 11.1. The molecule has 0 fully saturated rings. The molecule has 3 heterocycles. The molecule has 0 atom stereocenters. The largest absolute Gasteiger partial charge is 0.492 e. The fraction of sp³-hybridized carbons (Fsp3) is 0.375. The molecule has 0 radical (unpaired) electrons. The van der Waals surface area contributed by atoms with Crippen LogP contribution in [0.25, 0.3) is 11.3 Å². The van der Waals surface area contributed by atoms with Crippen LogP contribution >= 0.6 is 11.6 Å². The average molecular weight is 336 g/mol. The Hall–Kier alpha value is -2.21. The maximum Gasteiger partial charge on any atom is 0.358 e. The highest BCUT2D eigenvalue weighted by molar-refractivity contribution is 6.33. The molecule has 1 aromatic carbocycles. The molecule has 0 bridgehead atoms. The number of rotatable bonds is 2. The first-order valence-corrected chi connectivity index (χ1v) is 7.88. The lowest BCUT2D eigenvalue weighted by molar-refractivity contribution is 0.0686. The molecule has 2 aliphatic heterocycles. The molecule has 2 aromatic rings. The summed E-state index contributed by atoms with van der Waals surface area (Å²) in [5.74, 6) is 0.567. The number of ether oxygens (including phenoxy) is 2. The highest BCUT2D eigenvalue weighted by Gasteiger charge is 2.31. The van der Waals surface area contributed by atoms with Gasteiger partial charge in [0.25, 0.3) is 0 Å². The third kappa shape index (κ3) is 2.25. The summed E-state index contributed by atoms with van der Waals surface area (Å²) in [5, 5.41) is 13.3. The van der Waals surface area contributed by atoms with E-state index < -0.39 is 5.97 Å². The molecule has 120 valence electrons. The normalized spacial score (nSPS) is 16.0. The lowest BCUT2D eigenvalue weighted by Gasteiger charge is -2.28. The Bertz CT molecular complexity index is 761. The van der Waals surface area contributed by atoms with Gasteiger partial charge in [0.15, 0.2) is 11.5 Å². The van der Waals surface area contributed by atoms with Crippen LogP contribution in [-0.2, 0) is 12.8 Å². The van der Waals surface area contributed by atoms with Gasteiger partial charge >= 0.3 is 5.97 Å². The molecule has 6 nitrogen and oxygen atoms in total. The molecule has 0 amide bonds. The molecule has 7 heteroatoms. The first kappa shape index (κ1) is 14.4. The van der Waals surface area contributed by atoms with Crippen molar-refractivity contribution in [1.82, 2.24) is 5.16 Å². The van der Waals surface area contributed by atoms with Crippen LogP contribution in [-0.4, -0.2) is 29.4 Å². The van der Waals surface area contributed by atoms with E-state index in [1.807, 2.05) is 0 Å². The minimum Gasteiger partial charge on any atom is -0.492 e. The van der Waals surface area contributed by atoms with Gasteiger partial charge in [-0.1, -0.05) is 16.8 Å². The second kappa shape index (κ2) is 5.45. The number of fused-ring (bicyclic) bond motifs is 2. The quantitative estimate of drug-likeness (QED) is 0.906. The maximum atomic E-state index is 11.1. The minimum absolute atomic E-state index is 0.134. The fourth-order valence-electron chi connectivity index (χ4n) is 3.14. The lowest BCUT2D eigenvalue weighted by atomic mass is 9.91. The number of aromatic carboxylic acids is 1. The summed E-state index contributed by atoms with van der Waals surface area (Å²) >= 11 is 6.51. The standard InChI is InChI=1S/C16H14ClNO5/c17-13-9-4-2-5-21-14(9)12(8-3-1-6-22-15(8)13)11-7-10(16(19)20)18-23-11/h7H,1-6H2,(H,19,20). The number of benzene rings is 1. The predicted molar refractivity (Wildman–Crippen MR) is 81.5 cm³/mol. The van der Waals surface area contributed by atoms with Crippen LogP contribution in [0.4, 0.5) is 0 Å². The Kier molecular flexibility index (Phi) is 3.41. The first-order chi connectivity index (χ1) is 11.2. The zero-order chi connectivity index (χ0) is 16.0. The summed E-state index contributed by atoms with van der Waals surface area (Å²) in [5.41, 5.74) is 2.38. The van der Waals surface area contributed by atoms with E-state index in [0.717, 1.165) is 42.4 Å². The van der Waals surface area contributed by atoms with E-state index in [1.165, 1.54) is 6.07 Å². The van der Waals surface area contributed by atoms with Crippen LogP contribution in [0.3, 0.4) is 0 Å². The van der Waals surface area contributed by atoms with Gasteiger partial charge in [0, 0.05) is 17.2 Å². The number of carboxylic acids is 1. The van der Waals surface area contributed by atoms with Crippen LogP contribution in [0.15, 0.2) is 10.6 Å². The Morgan fingerprint density at radius 2 is 1.83 bits per heavy atom. The van der Waals surface area contributed by atoms with Gasteiger partial charge in [-0.25, -0.2) is 4.79 Å². The Labute approximate surface area is 136 Å². The van der Waals surface area contributed by atoms with E-state index in [4.69, 9.17) is 30.7 Å². The molecule has 23 heavy (non-hydrogen) atoms. The van der Waals surface area contributed by atoms with Gasteiger partial charge in [0.2, 0.25) is 0 Å². The lowest BCUT2D eigenvalue weighted by Crippen LogP contribution is -2.16. The molecular weight excluding hydrogens is 322 g/mol. The summed E-state index contributed by atoms with van der Waals surface area (Å²) in [7, 11) is 0. The van der Waals surface area contributed by atoms with Crippen LogP contribution in [0.5, 0.6) is 11.5 Å². The highest BCUT2D eigenvalue weighted by Crippen LogP contribution is 2.50. The number of hydrogen-bond donors (Lipinski definition) is 1. The summed E-state index contributed by atoms with van der Waals surface area (Å²) in [6.45, 7) is 1.21. The number of halogens is 1. The number of carbonyl (C=O) groups is 1. The van der Waals surface area contributed by atoms with Gasteiger partial charge in [-0.2, -0.15) is 0 Å². The zero-order valence-electron chi connectivity index (χ0n) is 12.2. The van der Waals surface area contributed by atoms with Crippen LogP contribution in [0.2, 0.25) is 5.02 Å². The average Bonchev–Trinajstić information content (AvgIpc) is 3.05. The van der Waals surface area contributed by atoms with Gasteiger partial charge in [-0.15, -0.1) is 0 Å². The summed E-state index contributed by atoms with van der Waals surface area (Å²) in [4.78, 5) is 11.1. The first-order valence-electron chi connectivity index (χ1n) is 7.50. The second-order valence-corrected chi connectivity index (χ2v) is 5.97. The Morgan fingerprint density at radius 3 is 2.52 bits per heavy atom. The number of carboxylic acid groups (broad SMARTS) is 1.